The van der Waals surface area contributed by atoms with Crippen molar-refractivity contribution in [1.82, 2.24) is 20.4 Å². The Labute approximate surface area is 127 Å². The van der Waals surface area contributed by atoms with Crippen molar-refractivity contribution < 1.29 is 9.15 Å². The van der Waals surface area contributed by atoms with Crippen LogP contribution in [-0.4, -0.2) is 40.7 Å². The molecule has 7 nitrogen and oxygen atoms in total. The van der Waals surface area contributed by atoms with Crippen LogP contribution in [-0.2, 0) is 4.74 Å². The molecule has 2 heterocycles. The van der Waals surface area contributed by atoms with Crippen LogP contribution in [0.5, 0.6) is 0 Å². The van der Waals surface area contributed by atoms with Crippen molar-refractivity contribution in [3.8, 4) is 11.6 Å². The summed E-state index contributed by atoms with van der Waals surface area (Å²) in [6.45, 7) is 3.22. The van der Waals surface area contributed by atoms with Crippen LogP contribution in [0.3, 0.4) is 0 Å². The highest BCUT2D eigenvalue weighted by Crippen LogP contribution is 2.28. The third-order valence-electron chi connectivity index (χ3n) is 3.23. The molecule has 1 N–H and O–H groups in total. The van der Waals surface area contributed by atoms with E-state index in [2.05, 4.69) is 25.7 Å². The summed E-state index contributed by atoms with van der Waals surface area (Å²) in [7, 11) is 1.69. The lowest BCUT2D eigenvalue weighted by atomic mass is 10.1. The van der Waals surface area contributed by atoms with E-state index in [1.807, 2.05) is 24.3 Å². The maximum atomic E-state index is 5.47. The highest BCUT2D eigenvalue weighted by molar-refractivity contribution is 5.98. The van der Waals surface area contributed by atoms with Gasteiger partial charge in [0.05, 0.1) is 0 Å². The molecule has 2 aromatic heterocycles. The van der Waals surface area contributed by atoms with Crippen LogP contribution in [0.1, 0.15) is 12.3 Å². The quantitative estimate of drug-likeness (QED) is 0.699. The van der Waals surface area contributed by atoms with Gasteiger partial charge in [-0.2, -0.15) is 0 Å². The Morgan fingerprint density at radius 3 is 2.64 bits per heavy atom. The minimum Gasteiger partial charge on any atom is -0.420 e. The van der Waals surface area contributed by atoms with Crippen molar-refractivity contribution in [2.75, 3.05) is 25.6 Å². The number of hydrogen-bond donors (Lipinski definition) is 1. The number of rotatable bonds is 6. The van der Waals surface area contributed by atoms with Crippen molar-refractivity contribution >= 4 is 16.6 Å². The lowest BCUT2D eigenvalue weighted by molar-refractivity contribution is 0.198. The Kier molecular flexibility index (Phi) is 4.24. The molecule has 0 saturated heterocycles. The maximum Gasteiger partial charge on any atom is 0.268 e. The average molecular weight is 299 g/mol. The Hall–Kier alpha value is -2.54. The van der Waals surface area contributed by atoms with E-state index in [1.54, 1.807) is 14.0 Å². The zero-order valence-corrected chi connectivity index (χ0v) is 12.5. The number of aryl methyl sites for hydroxylation is 1. The van der Waals surface area contributed by atoms with E-state index in [4.69, 9.17) is 9.15 Å². The molecule has 0 aliphatic rings. The molecule has 0 fully saturated rings. The number of nitrogens with one attached hydrogen (secondary N) is 1. The van der Waals surface area contributed by atoms with Crippen molar-refractivity contribution in [1.29, 1.82) is 0 Å². The number of methoxy groups -OCH3 is 1. The Morgan fingerprint density at radius 2 is 1.91 bits per heavy atom. The fourth-order valence-corrected chi connectivity index (χ4v) is 2.21. The molecule has 0 bridgehead atoms. The Morgan fingerprint density at radius 1 is 1.09 bits per heavy atom. The van der Waals surface area contributed by atoms with Crippen molar-refractivity contribution in [2.24, 2.45) is 0 Å². The number of fused-ring (bicyclic) bond motifs is 1. The van der Waals surface area contributed by atoms with Gasteiger partial charge >= 0.3 is 0 Å². The van der Waals surface area contributed by atoms with E-state index in [9.17, 15) is 0 Å². The molecule has 0 saturated carbocycles. The SMILES string of the molecule is COCCCNc1nnc(-c2nnc(C)o2)c2ccccc12. The molecular weight excluding hydrogens is 282 g/mol. The second kappa shape index (κ2) is 6.48. The summed E-state index contributed by atoms with van der Waals surface area (Å²) in [4.78, 5) is 0. The second-order valence-corrected chi connectivity index (χ2v) is 4.84. The summed E-state index contributed by atoms with van der Waals surface area (Å²) < 4.78 is 10.5. The van der Waals surface area contributed by atoms with Gasteiger partial charge in [0.2, 0.25) is 5.89 Å². The molecule has 0 aliphatic carbocycles. The first-order valence-corrected chi connectivity index (χ1v) is 7.08. The largest absolute Gasteiger partial charge is 0.420 e. The predicted molar refractivity (Wildman–Crippen MR) is 82.5 cm³/mol. The maximum absolute atomic E-state index is 5.47. The van der Waals surface area contributed by atoms with Crippen molar-refractivity contribution in [2.45, 2.75) is 13.3 Å². The molecule has 0 amide bonds. The normalized spacial score (nSPS) is 11.0. The fourth-order valence-electron chi connectivity index (χ4n) is 2.21. The molecule has 0 spiro atoms. The van der Waals surface area contributed by atoms with Gasteiger partial charge in [0.25, 0.3) is 5.89 Å². The first-order chi connectivity index (χ1) is 10.8. The minimum atomic E-state index is 0.382. The van der Waals surface area contributed by atoms with E-state index in [1.165, 1.54) is 0 Å². The van der Waals surface area contributed by atoms with Crippen molar-refractivity contribution in [3.63, 3.8) is 0 Å². The summed E-state index contributed by atoms with van der Waals surface area (Å²) >= 11 is 0. The molecule has 0 radical (unpaired) electrons. The molecule has 1 aromatic carbocycles. The first-order valence-electron chi connectivity index (χ1n) is 7.08. The summed E-state index contributed by atoms with van der Waals surface area (Å²) in [5, 5.41) is 21.6. The van der Waals surface area contributed by atoms with Crippen molar-refractivity contribution in [3.05, 3.63) is 30.2 Å². The summed E-state index contributed by atoms with van der Waals surface area (Å²) in [6, 6.07) is 7.88. The number of anilines is 1. The number of aromatic nitrogens is 4. The lowest BCUT2D eigenvalue weighted by Gasteiger charge is -2.09. The molecule has 114 valence electrons. The zero-order chi connectivity index (χ0) is 15.4. The summed E-state index contributed by atoms with van der Waals surface area (Å²) in [5.74, 6) is 1.63. The fraction of sp³-hybridized carbons (Fsp3) is 0.333. The number of hydrogen-bond acceptors (Lipinski definition) is 7. The molecule has 0 aliphatic heterocycles. The highest BCUT2D eigenvalue weighted by atomic mass is 16.5. The van der Waals surface area contributed by atoms with E-state index in [-0.39, 0.29) is 0 Å². The van der Waals surface area contributed by atoms with E-state index < -0.39 is 0 Å². The van der Waals surface area contributed by atoms with Crippen LogP contribution in [0.4, 0.5) is 5.82 Å². The number of ether oxygens (including phenoxy) is 1. The van der Waals surface area contributed by atoms with Gasteiger partial charge in [0, 0.05) is 38.0 Å². The molecule has 22 heavy (non-hydrogen) atoms. The minimum absolute atomic E-state index is 0.382. The standard InChI is InChI=1S/C15H17N5O2/c1-10-17-20-15(22-10)13-11-6-3-4-7-12(11)14(19-18-13)16-8-5-9-21-2/h3-4,6-7H,5,8-9H2,1-2H3,(H,16,19). The van der Waals surface area contributed by atoms with Gasteiger partial charge in [-0.05, 0) is 6.42 Å². The van der Waals surface area contributed by atoms with Crippen LogP contribution in [0, 0.1) is 6.92 Å². The Balaban J connectivity index is 1.96. The Bertz CT molecular complexity index is 771. The summed E-state index contributed by atoms with van der Waals surface area (Å²) in [6.07, 6.45) is 0.900. The average Bonchev–Trinajstić information content (AvgIpc) is 2.98. The van der Waals surface area contributed by atoms with E-state index in [0.717, 1.165) is 29.6 Å². The van der Waals surface area contributed by atoms with Gasteiger partial charge in [0.1, 0.15) is 0 Å². The smallest absolute Gasteiger partial charge is 0.268 e. The molecule has 7 heteroatoms. The molecule has 3 aromatic rings. The van der Waals surface area contributed by atoms with Gasteiger partial charge in [-0.3, -0.25) is 0 Å². The highest BCUT2D eigenvalue weighted by Gasteiger charge is 2.15. The van der Waals surface area contributed by atoms with E-state index in [0.29, 0.717) is 24.1 Å². The van der Waals surface area contributed by atoms with Crippen LogP contribution in [0.25, 0.3) is 22.4 Å². The predicted octanol–water partition coefficient (Wildman–Crippen LogP) is 2.44. The third-order valence-corrected chi connectivity index (χ3v) is 3.23. The van der Waals surface area contributed by atoms with Gasteiger partial charge in [-0.25, -0.2) is 0 Å². The van der Waals surface area contributed by atoms with Crippen LogP contribution >= 0.6 is 0 Å². The lowest BCUT2D eigenvalue weighted by Crippen LogP contribution is -2.07. The first kappa shape index (κ1) is 14.4. The number of nitrogens with zero attached hydrogens (tertiary/aromatic N) is 4. The van der Waals surface area contributed by atoms with Gasteiger partial charge in [0.15, 0.2) is 11.5 Å². The monoisotopic (exact) mass is 299 g/mol. The molecule has 0 atom stereocenters. The molecule has 3 rings (SSSR count). The topological polar surface area (TPSA) is 86.0 Å². The molecular formula is C15H17N5O2. The van der Waals surface area contributed by atoms with Gasteiger partial charge < -0.3 is 14.5 Å². The molecule has 0 unspecified atom stereocenters. The third kappa shape index (κ3) is 2.89. The summed E-state index contributed by atoms with van der Waals surface area (Å²) in [5.41, 5.74) is 0.596. The second-order valence-electron chi connectivity index (χ2n) is 4.84. The number of benzene rings is 1. The van der Waals surface area contributed by atoms with Crippen LogP contribution in [0.15, 0.2) is 28.7 Å². The van der Waals surface area contributed by atoms with Crippen LogP contribution in [0.2, 0.25) is 0 Å². The zero-order valence-electron chi connectivity index (χ0n) is 12.5. The van der Waals surface area contributed by atoms with Crippen LogP contribution < -0.4 is 5.32 Å². The van der Waals surface area contributed by atoms with Gasteiger partial charge in [-0.15, -0.1) is 20.4 Å². The van der Waals surface area contributed by atoms with E-state index >= 15 is 0 Å². The van der Waals surface area contributed by atoms with Gasteiger partial charge in [-0.1, -0.05) is 24.3 Å².